The van der Waals surface area contributed by atoms with Gasteiger partial charge in [-0.15, -0.1) is 0 Å². The van der Waals surface area contributed by atoms with Crippen LogP contribution in [0.15, 0.2) is 24.3 Å². The van der Waals surface area contributed by atoms with Crippen molar-refractivity contribution in [1.82, 2.24) is 4.90 Å². The maximum absolute atomic E-state index is 12.4. The fourth-order valence-corrected chi connectivity index (χ4v) is 3.38. The first-order chi connectivity index (χ1) is 10.5. The molecule has 0 saturated carbocycles. The highest BCUT2D eigenvalue weighted by atomic mass is 32.2. The Morgan fingerprint density at radius 3 is 2.43 bits per heavy atom. The fourth-order valence-electron chi connectivity index (χ4n) is 2.75. The van der Waals surface area contributed by atoms with E-state index in [1.165, 1.54) is 4.90 Å². The summed E-state index contributed by atoms with van der Waals surface area (Å²) in [6.45, 7) is 5.35. The second-order valence-corrected chi connectivity index (χ2v) is 8.38. The lowest BCUT2D eigenvalue weighted by atomic mass is 10.1. The first-order valence-electron chi connectivity index (χ1n) is 7.40. The predicted molar refractivity (Wildman–Crippen MR) is 86.6 cm³/mol. The first kappa shape index (κ1) is 17.7. The maximum atomic E-state index is 12.4. The summed E-state index contributed by atoms with van der Waals surface area (Å²) in [4.78, 5) is 13.8. The Hall–Kier alpha value is -1.60. The lowest BCUT2D eigenvalue weighted by Gasteiger charge is -2.31. The SMILES string of the molecule is CN(C(=O)OC(C)(C)C)[C@H]1c2ccccc2C[C@@H]1OS(C)(=O)=O. The van der Waals surface area contributed by atoms with Crippen molar-refractivity contribution >= 4 is 16.2 Å². The smallest absolute Gasteiger partial charge is 0.410 e. The Kier molecular flexibility index (Phi) is 4.73. The van der Waals surface area contributed by atoms with E-state index in [4.69, 9.17) is 8.92 Å². The summed E-state index contributed by atoms with van der Waals surface area (Å²) >= 11 is 0. The molecule has 0 saturated heterocycles. The highest BCUT2D eigenvalue weighted by molar-refractivity contribution is 7.86. The number of carbonyl (C=O) groups excluding carboxylic acids is 1. The molecule has 0 unspecified atom stereocenters. The van der Waals surface area contributed by atoms with Gasteiger partial charge in [0.25, 0.3) is 10.1 Å². The molecule has 2 atom stereocenters. The van der Waals surface area contributed by atoms with Crippen molar-refractivity contribution in [2.24, 2.45) is 0 Å². The molecule has 1 aromatic rings. The Morgan fingerprint density at radius 2 is 1.87 bits per heavy atom. The van der Waals surface area contributed by atoms with Gasteiger partial charge in [-0.05, 0) is 31.9 Å². The molecular formula is C16H23NO5S. The van der Waals surface area contributed by atoms with Gasteiger partial charge < -0.3 is 9.64 Å². The molecule has 0 fully saturated rings. The molecule has 2 rings (SSSR count). The first-order valence-corrected chi connectivity index (χ1v) is 9.21. The van der Waals surface area contributed by atoms with Gasteiger partial charge in [0.05, 0.1) is 12.3 Å². The minimum atomic E-state index is -3.63. The van der Waals surface area contributed by atoms with Gasteiger partial charge in [0.15, 0.2) is 0 Å². The number of amides is 1. The fraction of sp³-hybridized carbons (Fsp3) is 0.562. The topological polar surface area (TPSA) is 72.9 Å². The van der Waals surface area contributed by atoms with E-state index in [1.807, 2.05) is 24.3 Å². The molecule has 0 spiro atoms. The molecule has 128 valence electrons. The van der Waals surface area contributed by atoms with Crippen LogP contribution in [0.25, 0.3) is 0 Å². The summed E-state index contributed by atoms with van der Waals surface area (Å²) in [6, 6.07) is 7.03. The molecule has 1 amide bonds. The van der Waals surface area contributed by atoms with Crippen LogP contribution >= 0.6 is 0 Å². The van der Waals surface area contributed by atoms with Gasteiger partial charge in [0.1, 0.15) is 11.7 Å². The van der Waals surface area contributed by atoms with Gasteiger partial charge in [0.2, 0.25) is 0 Å². The summed E-state index contributed by atoms with van der Waals surface area (Å²) < 4.78 is 33.7. The lowest BCUT2D eigenvalue weighted by molar-refractivity contribution is 0.00976. The van der Waals surface area contributed by atoms with Crippen LogP contribution in [0.4, 0.5) is 4.79 Å². The average Bonchev–Trinajstić information content (AvgIpc) is 2.71. The normalized spacial score (nSPS) is 20.9. The minimum absolute atomic E-state index is 0.432. The van der Waals surface area contributed by atoms with Crippen molar-refractivity contribution < 1.29 is 22.1 Å². The molecule has 0 N–H and O–H groups in total. The van der Waals surface area contributed by atoms with Crippen LogP contribution in [-0.4, -0.2) is 44.4 Å². The van der Waals surface area contributed by atoms with Crippen molar-refractivity contribution in [3.8, 4) is 0 Å². The molecular weight excluding hydrogens is 318 g/mol. The number of rotatable bonds is 3. The zero-order valence-corrected chi connectivity index (χ0v) is 14.9. The van der Waals surface area contributed by atoms with E-state index in [0.717, 1.165) is 17.4 Å². The predicted octanol–water partition coefficient (Wildman–Crippen LogP) is 2.50. The summed E-state index contributed by atoms with van der Waals surface area (Å²) in [5.41, 5.74) is 1.23. The standard InChI is InChI=1S/C16H23NO5S/c1-16(2,3)21-15(18)17(4)14-12-9-7-6-8-11(12)10-13(14)22-23(5,19)20/h6-9,13-14H,10H2,1-5H3/t13-,14-/m0/s1. The third-order valence-corrected chi connectivity index (χ3v) is 4.14. The van der Waals surface area contributed by atoms with Crippen molar-refractivity contribution in [2.75, 3.05) is 13.3 Å². The molecule has 0 radical (unpaired) electrons. The van der Waals surface area contributed by atoms with Crippen LogP contribution in [0.1, 0.15) is 37.9 Å². The zero-order valence-electron chi connectivity index (χ0n) is 14.1. The zero-order chi connectivity index (χ0) is 17.4. The second-order valence-electron chi connectivity index (χ2n) is 6.78. The number of carbonyl (C=O) groups is 1. The van der Waals surface area contributed by atoms with Crippen molar-refractivity contribution in [3.05, 3.63) is 35.4 Å². The Balaban J connectivity index is 2.32. The molecule has 0 bridgehead atoms. The number of fused-ring (bicyclic) bond motifs is 1. The second kappa shape index (κ2) is 6.13. The van der Waals surface area contributed by atoms with Gasteiger partial charge in [-0.1, -0.05) is 24.3 Å². The van der Waals surface area contributed by atoms with Crippen molar-refractivity contribution in [1.29, 1.82) is 0 Å². The van der Waals surface area contributed by atoms with Crippen LogP contribution in [-0.2, 0) is 25.5 Å². The Labute approximate surface area is 137 Å². The highest BCUT2D eigenvalue weighted by Crippen LogP contribution is 2.38. The highest BCUT2D eigenvalue weighted by Gasteiger charge is 2.40. The van der Waals surface area contributed by atoms with Crippen LogP contribution in [0.5, 0.6) is 0 Å². The minimum Gasteiger partial charge on any atom is -0.444 e. The van der Waals surface area contributed by atoms with E-state index in [1.54, 1.807) is 27.8 Å². The molecule has 0 heterocycles. The quantitative estimate of drug-likeness (QED) is 0.790. The molecule has 1 aromatic carbocycles. The van der Waals surface area contributed by atoms with Crippen LogP contribution in [0.2, 0.25) is 0 Å². The molecule has 0 aromatic heterocycles. The van der Waals surface area contributed by atoms with Crippen LogP contribution in [0, 0.1) is 0 Å². The van der Waals surface area contributed by atoms with E-state index in [-0.39, 0.29) is 0 Å². The van der Waals surface area contributed by atoms with E-state index in [2.05, 4.69) is 0 Å². The summed E-state index contributed by atoms with van der Waals surface area (Å²) in [6.07, 6.45) is 0.280. The maximum Gasteiger partial charge on any atom is 0.410 e. The van der Waals surface area contributed by atoms with Gasteiger partial charge in [0, 0.05) is 13.5 Å². The third kappa shape index (κ3) is 4.45. The number of hydrogen-bond donors (Lipinski definition) is 0. The van der Waals surface area contributed by atoms with Gasteiger partial charge in [-0.25, -0.2) is 4.79 Å². The molecule has 1 aliphatic rings. The molecule has 0 aliphatic heterocycles. The van der Waals surface area contributed by atoms with Gasteiger partial charge >= 0.3 is 6.09 Å². The number of likely N-dealkylation sites (N-methyl/N-ethyl adjacent to an activating group) is 1. The lowest BCUT2D eigenvalue weighted by Crippen LogP contribution is -2.40. The van der Waals surface area contributed by atoms with E-state index < -0.39 is 34.0 Å². The van der Waals surface area contributed by atoms with Gasteiger partial charge in [-0.3, -0.25) is 4.18 Å². The number of ether oxygens (including phenoxy) is 1. The molecule has 1 aliphatic carbocycles. The summed E-state index contributed by atoms with van der Waals surface area (Å²) in [5, 5.41) is 0. The molecule has 7 heteroatoms. The number of hydrogen-bond acceptors (Lipinski definition) is 5. The van der Waals surface area contributed by atoms with Gasteiger partial charge in [-0.2, -0.15) is 8.42 Å². The van der Waals surface area contributed by atoms with Crippen LogP contribution < -0.4 is 0 Å². The monoisotopic (exact) mass is 341 g/mol. The summed E-state index contributed by atoms with van der Waals surface area (Å²) in [7, 11) is -2.03. The summed E-state index contributed by atoms with van der Waals surface area (Å²) in [5.74, 6) is 0. The number of nitrogens with zero attached hydrogens (tertiary/aromatic N) is 1. The largest absolute Gasteiger partial charge is 0.444 e. The third-order valence-electron chi connectivity index (χ3n) is 3.54. The Bertz CT molecular complexity index is 693. The van der Waals surface area contributed by atoms with E-state index in [9.17, 15) is 13.2 Å². The molecule has 23 heavy (non-hydrogen) atoms. The van der Waals surface area contributed by atoms with Crippen molar-refractivity contribution in [3.63, 3.8) is 0 Å². The molecule has 6 nitrogen and oxygen atoms in total. The average molecular weight is 341 g/mol. The number of benzene rings is 1. The van der Waals surface area contributed by atoms with E-state index >= 15 is 0 Å². The van der Waals surface area contributed by atoms with Crippen molar-refractivity contribution in [2.45, 2.75) is 44.9 Å². The Morgan fingerprint density at radius 1 is 1.26 bits per heavy atom. The van der Waals surface area contributed by atoms with Crippen LogP contribution in [0.3, 0.4) is 0 Å². The van der Waals surface area contributed by atoms with E-state index in [0.29, 0.717) is 6.42 Å².